The lowest BCUT2D eigenvalue weighted by molar-refractivity contribution is -0.0949. The Hall–Kier alpha value is -0.940. The molecule has 0 radical (unpaired) electrons. The molecule has 0 amide bonds. The molecule has 21 heavy (non-hydrogen) atoms. The Balaban J connectivity index is 1.55. The van der Waals surface area contributed by atoms with Gasteiger partial charge < -0.3 is 4.74 Å². The summed E-state index contributed by atoms with van der Waals surface area (Å²) >= 11 is 1.93. The number of rotatable bonds is 5. The minimum absolute atomic E-state index is 0.563. The topological polar surface area (TPSA) is 15.7 Å². The van der Waals surface area contributed by atoms with E-state index < -0.39 is 0 Å². The van der Waals surface area contributed by atoms with Crippen LogP contribution < -0.4 is 0 Å². The van der Waals surface area contributed by atoms with Crippen molar-refractivity contribution in [3.63, 3.8) is 0 Å². The van der Waals surface area contributed by atoms with Crippen LogP contribution in [-0.4, -0.2) is 49.4 Å². The van der Waals surface area contributed by atoms with Crippen molar-refractivity contribution in [2.24, 2.45) is 0 Å². The van der Waals surface area contributed by atoms with Crippen molar-refractivity contribution in [2.45, 2.75) is 25.8 Å². The van der Waals surface area contributed by atoms with Crippen LogP contribution in [0.3, 0.4) is 0 Å². The molecule has 0 saturated carbocycles. The lowest BCUT2D eigenvalue weighted by atomic mass is 10.1. The summed E-state index contributed by atoms with van der Waals surface area (Å²) in [5.41, 5.74) is 0. The first-order chi connectivity index (χ1) is 10.2. The number of hydrazine groups is 1. The fourth-order valence-corrected chi connectivity index (χ4v) is 3.93. The third kappa shape index (κ3) is 3.64. The van der Waals surface area contributed by atoms with Crippen LogP contribution in [0.5, 0.6) is 0 Å². The molecule has 1 aromatic heterocycles. The van der Waals surface area contributed by atoms with Gasteiger partial charge >= 0.3 is 0 Å². The number of benzene rings is 1. The second-order valence-electron chi connectivity index (χ2n) is 5.78. The van der Waals surface area contributed by atoms with Crippen LogP contribution in [-0.2, 0) is 11.2 Å². The lowest BCUT2D eigenvalue weighted by Crippen LogP contribution is -2.50. The largest absolute Gasteiger partial charge is 0.379 e. The highest BCUT2D eigenvalue weighted by Crippen LogP contribution is 2.26. The molecule has 0 N–H and O–H groups in total. The van der Waals surface area contributed by atoms with E-state index in [1.54, 1.807) is 0 Å². The number of morpholine rings is 1. The molecule has 4 heteroatoms. The summed E-state index contributed by atoms with van der Waals surface area (Å²) in [6, 6.07) is 11.6. The fraction of sp³-hybridized carbons (Fsp3) is 0.529. The SMILES string of the molecule is CC(CCc1cc2ccccc2s1)N(C)N1CCOCC1. The van der Waals surface area contributed by atoms with Crippen molar-refractivity contribution >= 4 is 21.4 Å². The van der Waals surface area contributed by atoms with Gasteiger partial charge in [0.15, 0.2) is 0 Å². The monoisotopic (exact) mass is 304 g/mol. The molecule has 1 aliphatic rings. The molecule has 1 aromatic carbocycles. The maximum atomic E-state index is 5.43. The van der Waals surface area contributed by atoms with E-state index in [9.17, 15) is 0 Å². The average molecular weight is 304 g/mol. The van der Waals surface area contributed by atoms with Crippen LogP contribution in [0.15, 0.2) is 30.3 Å². The highest BCUT2D eigenvalue weighted by atomic mass is 32.1. The smallest absolute Gasteiger partial charge is 0.0608 e. The normalized spacial score (nSPS) is 18.4. The standard InChI is InChI=1S/C17H24N2OS/c1-14(18(2)19-9-11-20-12-10-19)7-8-16-13-15-5-3-4-6-17(15)21-16/h3-6,13-14H,7-12H2,1-2H3. The second kappa shape index (κ2) is 6.88. The summed E-state index contributed by atoms with van der Waals surface area (Å²) in [6.07, 6.45) is 2.36. The highest BCUT2D eigenvalue weighted by Gasteiger charge is 2.19. The molecule has 1 fully saturated rings. The molecular formula is C17H24N2OS. The van der Waals surface area contributed by atoms with Gasteiger partial charge in [-0.1, -0.05) is 18.2 Å². The van der Waals surface area contributed by atoms with Crippen molar-refractivity contribution in [1.82, 2.24) is 10.0 Å². The van der Waals surface area contributed by atoms with Gasteiger partial charge in [0.05, 0.1) is 13.2 Å². The Morgan fingerprint density at radius 2 is 2.05 bits per heavy atom. The zero-order chi connectivity index (χ0) is 14.7. The van der Waals surface area contributed by atoms with Crippen molar-refractivity contribution in [3.8, 4) is 0 Å². The van der Waals surface area contributed by atoms with Crippen LogP contribution in [0.2, 0.25) is 0 Å². The molecule has 0 bridgehead atoms. The molecule has 2 aromatic rings. The molecule has 1 aliphatic heterocycles. The lowest BCUT2D eigenvalue weighted by Gasteiger charge is -2.38. The van der Waals surface area contributed by atoms with Crippen molar-refractivity contribution in [2.75, 3.05) is 33.4 Å². The van der Waals surface area contributed by atoms with E-state index in [-0.39, 0.29) is 0 Å². The molecule has 0 aliphatic carbocycles. The summed E-state index contributed by atoms with van der Waals surface area (Å²) in [6.45, 7) is 6.07. The van der Waals surface area contributed by atoms with Gasteiger partial charge in [0, 0.05) is 35.8 Å². The first-order valence-corrected chi connectivity index (χ1v) is 8.58. The summed E-state index contributed by atoms with van der Waals surface area (Å²) < 4.78 is 6.83. The van der Waals surface area contributed by atoms with E-state index in [1.807, 2.05) is 11.3 Å². The summed E-state index contributed by atoms with van der Waals surface area (Å²) in [5, 5.41) is 6.20. The first kappa shape index (κ1) is 15.0. The quantitative estimate of drug-likeness (QED) is 0.842. The Kier molecular flexibility index (Phi) is 4.91. The van der Waals surface area contributed by atoms with E-state index in [4.69, 9.17) is 4.74 Å². The van der Waals surface area contributed by atoms with Gasteiger partial charge in [0.25, 0.3) is 0 Å². The predicted octanol–water partition coefficient (Wildman–Crippen LogP) is 3.40. The highest BCUT2D eigenvalue weighted by molar-refractivity contribution is 7.19. The number of fused-ring (bicyclic) bond motifs is 1. The molecular weight excluding hydrogens is 280 g/mol. The van der Waals surface area contributed by atoms with Gasteiger partial charge in [-0.15, -0.1) is 11.3 Å². The Morgan fingerprint density at radius 3 is 2.81 bits per heavy atom. The summed E-state index contributed by atoms with van der Waals surface area (Å²) in [5.74, 6) is 0. The second-order valence-corrected chi connectivity index (χ2v) is 6.95. The Morgan fingerprint density at radius 1 is 1.29 bits per heavy atom. The van der Waals surface area contributed by atoms with Gasteiger partial charge in [0.2, 0.25) is 0 Å². The number of hydrogen-bond acceptors (Lipinski definition) is 4. The van der Waals surface area contributed by atoms with Crippen LogP contribution in [0.25, 0.3) is 10.1 Å². The molecule has 1 unspecified atom stereocenters. The van der Waals surface area contributed by atoms with Gasteiger partial charge in [-0.3, -0.25) is 0 Å². The number of nitrogens with zero attached hydrogens (tertiary/aromatic N) is 2. The van der Waals surface area contributed by atoms with Gasteiger partial charge in [0.1, 0.15) is 0 Å². The van der Waals surface area contributed by atoms with Crippen LogP contribution in [0, 0.1) is 0 Å². The summed E-state index contributed by atoms with van der Waals surface area (Å²) in [4.78, 5) is 1.50. The molecule has 0 spiro atoms. The summed E-state index contributed by atoms with van der Waals surface area (Å²) in [7, 11) is 2.21. The van der Waals surface area contributed by atoms with Crippen molar-refractivity contribution < 1.29 is 4.74 Å². The van der Waals surface area contributed by atoms with Crippen molar-refractivity contribution in [1.29, 1.82) is 0 Å². The van der Waals surface area contributed by atoms with E-state index in [1.165, 1.54) is 21.4 Å². The van der Waals surface area contributed by atoms with Crippen LogP contribution >= 0.6 is 11.3 Å². The third-order valence-corrected chi connectivity index (χ3v) is 5.53. The van der Waals surface area contributed by atoms with E-state index >= 15 is 0 Å². The zero-order valence-electron chi connectivity index (χ0n) is 12.9. The van der Waals surface area contributed by atoms with Crippen molar-refractivity contribution in [3.05, 3.63) is 35.2 Å². The number of aryl methyl sites for hydroxylation is 1. The average Bonchev–Trinajstić information content (AvgIpc) is 2.95. The van der Waals surface area contributed by atoms with E-state index in [2.05, 4.69) is 54.3 Å². The third-order valence-electron chi connectivity index (χ3n) is 4.36. The maximum Gasteiger partial charge on any atom is 0.0608 e. The number of ether oxygens (including phenoxy) is 1. The Bertz CT molecular complexity index is 544. The maximum absolute atomic E-state index is 5.43. The zero-order valence-corrected chi connectivity index (χ0v) is 13.7. The van der Waals surface area contributed by atoms with Gasteiger partial charge in [-0.2, -0.15) is 0 Å². The number of hydrogen-bond donors (Lipinski definition) is 0. The molecule has 3 nitrogen and oxygen atoms in total. The first-order valence-electron chi connectivity index (χ1n) is 7.77. The van der Waals surface area contributed by atoms with E-state index in [0.717, 1.165) is 32.7 Å². The molecule has 3 rings (SSSR count). The van der Waals surface area contributed by atoms with Gasteiger partial charge in [-0.05, 0) is 37.3 Å². The molecule has 1 atom stereocenters. The minimum Gasteiger partial charge on any atom is -0.379 e. The predicted molar refractivity (Wildman–Crippen MR) is 89.8 cm³/mol. The molecule has 114 valence electrons. The van der Waals surface area contributed by atoms with Gasteiger partial charge in [-0.25, -0.2) is 10.0 Å². The molecule has 1 saturated heterocycles. The van der Waals surface area contributed by atoms with E-state index in [0.29, 0.717) is 6.04 Å². The Labute approximate surface area is 131 Å². The molecule has 2 heterocycles. The van der Waals surface area contributed by atoms with Crippen LogP contribution in [0.4, 0.5) is 0 Å². The van der Waals surface area contributed by atoms with Crippen LogP contribution in [0.1, 0.15) is 18.2 Å². The number of thiophene rings is 1. The fourth-order valence-electron chi connectivity index (χ4n) is 2.85. The minimum atomic E-state index is 0.563.